The van der Waals surface area contributed by atoms with Gasteiger partial charge < -0.3 is 15.5 Å². The van der Waals surface area contributed by atoms with Crippen molar-refractivity contribution in [2.75, 3.05) is 5.73 Å². The summed E-state index contributed by atoms with van der Waals surface area (Å²) in [7, 11) is -3.75. The minimum absolute atomic E-state index is 0.0471. The van der Waals surface area contributed by atoms with Crippen LogP contribution in [0.1, 0.15) is 29.9 Å². The Bertz CT molecular complexity index is 1060. The van der Waals surface area contributed by atoms with Gasteiger partial charge in [-0.3, -0.25) is 4.79 Å². The van der Waals surface area contributed by atoms with Gasteiger partial charge in [0, 0.05) is 29.7 Å². The van der Waals surface area contributed by atoms with Gasteiger partial charge in [-0.2, -0.15) is 0 Å². The van der Waals surface area contributed by atoms with Crippen molar-refractivity contribution in [1.29, 1.82) is 0 Å². The molecule has 2 heterocycles. The number of benzene rings is 1. The smallest absolute Gasteiger partial charge is 0.251 e. The number of carbonyl (C=O) groups excluding carboxylic acids is 1. The average molecular weight is 387 g/mol. The first-order valence-electron chi connectivity index (χ1n) is 8.38. The van der Waals surface area contributed by atoms with Crippen LogP contribution in [0.25, 0.3) is 5.65 Å². The summed E-state index contributed by atoms with van der Waals surface area (Å²) in [6.45, 7) is 3.64. The molecule has 0 aliphatic carbocycles. The molecule has 0 spiro atoms. The van der Waals surface area contributed by atoms with Gasteiger partial charge >= 0.3 is 0 Å². The lowest BCUT2D eigenvalue weighted by Crippen LogP contribution is -2.30. The molecule has 0 aliphatic rings. The molecule has 2 aromatic heterocycles. The second-order valence-electron chi connectivity index (χ2n) is 6.45. The van der Waals surface area contributed by atoms with Crippen LogP contribution in [0, 0.1) is 0 Å². The Morgan fingerprint density at radius 1 is 1.26 bits per heavy atom. The Balaban J connectivity index is 1.78. The number of sulfonamides is 1. The first-order valence-corrected chi connectivity index (χ1v) is 9.86. The van der Waals surface area contributed by atoms with Crippen molar-refractivity contribution in [2.45, 2.75) is 31.3 Å². The number of hydrogen-bond donors (Lipinski definition) is 3. The fraction of sp³-hybridized carbons (Fsp3) is 0.222. The molecule has 0 aliphatic heterocycles. The zero-order valence-electron chi connectivity index (χ0n) is 15.0. The number of hydrogen-bond acceptors (Lipinski definition) is 5. The van der Waals surface area contributed by atoms with Crippen LogP contribution in [0.2, 0.25) is 0 Å². The van der Waals surface area contributed by atoms with Crippen LogP contribution in [0.5, 0.6) is 0 Å². The number of nitrogens with two attached hydrogens (primary N) is 1. The largest absolute Gasteiger partial charge is 0.399 e. The predicted molar refractivity (Wildman–Crippen MR) is 103 cm³/mol. The fourth-order valence-corrected chi connectivity index (χ4v) is 3.96. The number of aromatic nitrogens is 2. The SMILES string of the molecule is CC(C)NS(=O)(=O)c1cc(N)cc(C(=O)NCc2cn3ccccc3n2)c1. The molecular formula is C18H21N5O3S. The van der Waals surface area contributed by atoms with Crippen LogP contribution in [-0.2, 0) is 16.6 Å². The predicted octanol–water partition coefficient (Wildman–Crippen LogP) is 1.53. The third kappa shape index (κ3) is 4.44. The summed E-state index contributed by atoms with van der Waals surface area (Å²) < 4.78 is 29.0. The number of anilines is 1. The fourth-order valence-electron chi connectivity index (χ4n) is 2.63. The van der Waals surface area contributed by atoms with E-state index in [0.29, 0.717) is 5.69 Å². The summed E-state index contributed by atoms with van der Waals surface area (Å²) in [5, 5.41) is 2.74. The lowest BCUT2D eigenvalue weighted by Gasteiger charge is -2.12. The third-order valence-corrected chi connectivity index (χ3v) is 5.37. The zero-order valence-corrected chi connectivity index (χ0v) is 15.8. The summed E-state index contributed by atoms with van der Waals surface area (Å²) in [6, 6.07) is 9.42. The molecule has 0 fully saturated rings. The molecule has 142 valence electrons. The molecule has 3 aromatic rings. The summed E-state index contributed by atoms with van der Waals surface area (Å²) in [5.41, 5.74) is 7.62. The van der Waals surface area contributed by atoms with Crippen molar-refractivity contribution in [1.82, 2.24) is 19.4 Å². The Labute approximate surface area is 157 Å². The molecule has 0 unspecified atom stereocenters. The molecule has 27 heavy (non-hydrogen) atoms. The number of nitrogen functional groups attached to an aromatic ring is 1. The molecule has 0 atom stereocenters. The lowest BCUT2D eigenvalue weighted by atomic mass is 10.2. The van der Waals surface area contributed by atoms with Crippen LogP contribution in [0.3, 0.4) is 0 Å². The van der Waals surface area contributed by atoms with E-state index in [1.165, 1.54) is 18.2 Å². The number of nitrogens with zero attached hydrogens (tertiary/aromatic N) is 2. The van der Waals surface area contributed by atoms with Crippen molar-refractivity contribution in [3.8, 4) is 0 Å². The van der Waals surface area contributed by atoms with Crippen molar-refractivity contribution in [3.63, 3.8) is 0 Å². The second kappa shape index (κ2) is 7.37. The van der Waals surface area contributed by atoms with Gasteiger partial charge in [-0.15, -0.1) is 0 Å². The normalized spacial score (nSPS) is 11.8. The molecule has 1 amide bonds. The molecule has 0 saturated carbocycles. The van der Waals surface area contributed by atoms with Crippen LogP contribution in [0.4, 0.5) is 5.69 Å². The average Bonchev–Trinajstić information content (AvgIpc) is 3.01. The maximum absolute atomic E-state index is 12.5. The van der Waals surface area contributed by atoms with E-state index in [1.807, 2.05) is 35.0 Å². The Morgan fingerprint density at radius 2 is 2.04 bits per heavy atom. The molecular weight excluding hydrogens is 366 g/mol. The molecule has 4 N–H and O–H groups in total. The van der Waals surface area contributed by atoms with E-state index in [1.54, 1.807) is 13.8 Å². The summed E-state index contributed by atoms with van der Waals surface area (Å²) in [5.74, 6) is -0.430. The molecule has 9 heteroatoms. The minimum Gasteiger partial charge on any atom is -0.399 e. The van der Waals surface area contributed by atoms with Crippen molar-refractivity contribution in [2.24, 2.45) is 0 Å². The third-order valence-electron chi connectivity index (χ3n) is 3.74. The molecule has 0 radical (unpaired) electrons. The first-order chi connectivity index (χ1) is 12.7. The molecule has 3 rings (SSSR count). The number of imidazole rings is 1. The number of rotatable bonds is 6. The highest BCUT2D eigenvalue weighted by Crippen LogP contribution is 2.17. The summed E-state index contributed by atoms with van der Waals surface area (Å²) in [6.07, 6.45) is 3.68. The zero-order chi connectivity index (χ0) is 19.6. The highest BCUT2D eigenvalue weighted by molar-refractivity contribution is 7.89. The molecule has 0 bridgehead atoms. The first kappa shape index (κ1) is 18.9. The number of carbonyl (C=O) groups is 1. The lowest BCUT2D eigenvalue weighted by molar-refractivity contribution is 0.0950. The van der Waals surface area contributed by atoms with E-state index >= 15 is 0 Å². The Kier molecular flexibility index (Phi) is 5.15. The van der Waals surface area contributed by atoms with Gasteiger partial charge in [0.1, 0.15) is 5.65 Å². The van der Waals surface area contributed by atoms with E-state index in [-0.39, 0.29) is 28.7 Å². The molecule has 0 saturated heterocycles. The van der Waals surface area contributed by atoms with Crippen LogP contribution in [0.15, 0.2) is 53.7 Å². The molecule has 8 nitrogen and oxygen atoms in total. The van der Waals surface area contributed by atoms with E-state index < -0.39 is 15.9 Å². The summed E-state index contributed by atoms with van der Waals surface area (Å²) in [4.78, 5) is 16.8. The van der Waals surface area contributed by atoms with Gasteiger partial charge in [-0.05, 0) is 44.2 Å². The van der Waals surface area contributed by atoms with Gasteiger partial charge in [-0.1, -0.05) is 6.07 Å². The van der Waals surface area contributed by atoms with Crippen molar-refractivity contribution in [3.05, 3.63) is 60.0 Å². The van der Waals surface area contributed by atoms with Gasteiger partial charge in [0.2, 0.25) is 10.0 Å². The maximum Gasteiger partial charge on any atom is 0.251 e. The topological polar surface area (TPSA) is 119 Å². The van der Waals surface area contributed by atoms with E-state index in [4.69, 9.17) is 5.73 Å². The van der Waals surface area contributed by atoms with Gasteiger partial charge in [0.05, 0.1) is 17.1 Å². The van der Waals surface area contributed by atoms with E-state index in [0.717, 1.165) is 5.65 Å². The number of nitrogens with one attached hydrogen (secondary N) is 2. The second-order valence-corrected chi connectivity index (χ2v) is 8.16. The highest BCUT2D eigenvalue weighted by atomic mass is 32.2. The Morgan fingerprint density at radius 3 is 2.74 bits per heavy atom. The molecule has 1 aromatic carbocycles. The standard InChI is InChI=1S/C18H21N5O3S/c1-12(2)22-27(25,26)16-8-13(7-14(19)9-16)18(24)20-10-15-11-23-6-4-3-5-17(23)21-15/h3-9,11-12,22H,10,19H2,1-2H3,(H,20,24). The minimum atomic E-state index is -3.75. The highest BCUT2D eigenvalue weighted by Gasteiger charge is 2.18. The van der Waals surface area contributed by atoms with E-state index in [9.17, 15) is 13.2 Å². The van der Waals surface area contributed by atoms with Crippen LogP contribution < -0.4 is 15.8 Å². The number of amides is 1. The summed E-state index contributed by atoms with van der Waals surface area (Å²) >= 11 is 0. The van der Waals surface area contributed by atoms with Crippen molar-refractivity contribution < 1.29 is 13.2 Å². The number of fused-ring (bicyclic) bond motifs is 1. The van der Waals surface area contributed by atoms with Crippen LogP contribution >= 0.6 is 0 Å². The van der Waals surface area contributed by atoms with Gasteiger partial charge in [0.25, 0.3) is 5.91 Å². The maximum atomic E-state index is 12.5. The van der Waals surface area contributed by atoms with Gasteiger partial charge in [-0.25, -0.2) is 18.1 Å². The Hall–Kier alpha value is -2.91. The van der Waals surface area contributed by atoms with Crippen molar-refractivity contribution >= 4 is 27.3 Å². The van der Waals surface area contributed by atoms with E-state index in [2.05, 4.69) is 15.0 Å². The van der Waals surface area contributed by atoms with Gasteiger partial charge in [0.15, 0.2) is 0 Å². The number of pyridine rings is 1. The quantitative estimate of drug-likeness (QED) is 0.554. The van der Waals surface area contributed by atoms with Crippen LogP contribution in [-0.4, -0.2) is 29.8 Å². The monoisotopic (exact) mass is 387 g/mol.